The number of fused-ring (bicyclic) bond motifs is 1. The largest absolute Gasteiger partial charge is 0.361 e. The number of aromatic nitrogens is 1. The number of hydrogen-bond acceptors (Lipinski definition) is 0. The van der Waals surface area contributed by atoms with Crippen LogP contribution in [0.2, 0.25) is 0 Å². The molecule has 0 spiro atoms. The highest BCUT2D eigenvalue weighted by Crippen LogP contribution is 2.25. The number of para-hydroxylation sites is 1. The topological polar surface area (TPSA) is 15.8 Å². The smallest absolute Gasteiger partial charge is 0.0456 e. The van der Waals surface area contributed by atoms with Crippen LogP contribution in [0.1, 0.15) is 52.0 Å². The third-order valence-electron chi connectivity index (χ3n) is 4.53. The van der Waals surface area contributed by atoms with Crippen LogP contribution < -0.4 is 0 Å². The van der Waals surface area contributed by atoms with Crippen LogP contribution in [0, 0.1) is 11.8 Å². The van der Waals surface area contributed by atoms with Crippen molar-refractivity contribution in [3.63, 3.8) is 0 Å². The molecule has 0 saturated carbocycles. The number of nitrogens with one attached hydrogen (secondary N) is 1. The molecule has 0 aliphatic rings. The third-order valence-corrected chi connectivity index (χ3v) is 4.53. The fraction of sp³-hybridized carbons (Fsp3) is 0.556. The van der Waals surface area contributed by atoms with Gasteiger partial charge in [0.05, 0.1) is 0 Å². The van der Waals surface area contributed by atoms with Crippen molar-refractivity contribution in [2.24, 2.45) is 11.8 Å². The Morgan fingerprint density at radius 2 is 1.79 bits per heavy atom. The van der Waals surface area contributed by atoms with Crippen LogP contribution in [0.25, 0.3) is 10.9 Å². The molecule has 1 aromatic carbocycles. The molecule has 0 fully saturated rings. The summed E-state index contributed by atoms with van der Waals surface area (Å²) >= 11 is 0. The predicted molar refractivity (Wildman–Crippen MR) is 84.5 cm³/mol. The highest BCUT2D eigenvalue weighted by molar-refractivity contribution is 5.82. The zero-order chi connectivity index (χ0) is 13.7. The van der Waals surface area contributed by atoms with Gasteiger partial charge in [-0.1, -0.05) is 58.2 Å². The van der Waals surface area contributed by atoms with Crippen LogP contribution in [0.5, 0.6) is 0 Å². The number of unbranched alkanes of at least 4 members (excludes halogenated alkanes) is 1. The summed E-state index contributed by atoms with van der Waals surface area (Å²) < 4.78 is 0. The van der Waals surface area contributed by atoms with Crippen molar-refractivity contribution in [3.05, 3.63) is 36.0 Å². The second-order valence-electron chi connectivity index (χ2n) is 5.99. The van der Waals surface area contributed by atoms with E-state index in [0.29, 0.717) is 0 Å². The summed E-state index contributed by atoms with van der Waals surface area (Å²) in [6.07, 6.45) is 8.76. The molecule has 1 nitrogen and oxygen atoms in total. The van der Waals surface area contributed by atoms with Crippen molar-refractivity contribution in [3.8, 4) is 0 Å². The lowest BCUT2D eigenvalue weighted by Gasteiger charge is -2.19. The summed E-state index contributed by atoms with van der Waals surface area (Å²) in [6.45, 7) is 7.11. The Hall–Kier alpha value is -1.24. The van der Waals surface area contributed by atoms with Gasteiger partial charge >= 0.3 is 0 Å². The van der Waals surface area contributed by atoms with Gasteiger partial charge in [-0.25, -0.2) is 0 Å². The minimum atomic E-state index is 0.820. The number of H-pyrrole nitrogens is 1. The SMILES string of the molecule is CCCCC(C)C(C)CCc1c[nH]c2ccccc12. The Kier molecular flexibility index (Phi) is 5.07. The standard InChI is InChI=1S/C18H27N/c1-4-5-8-14(2)15(3)11-12-16-13-19-18-10-7-6-9-17(16)18/h6-7,9-10,13-15,19H,4-5,8,11-12H2,1-3H3. The highest BCUT2D eigenvalue weighted by atomic mass is 14.7. The summed E-state index contributed by atoms with van der Waals surface area (Å²) in [5.74, 6) is 1.67. The second-order valence-corrected chi connectivity index (χ2v) is 5.99. The van der Waals surface area contributed by atoms with E-state index in [1.54, 1.807) is 0 Å². The number of aryl methyl sites for hydroxylation is 1. The van der Waals surface area contributed by atoms with Gasteiger partial charge in [0.25, 0.3) is 0 Å². The molecule has 2 rings (SSSR count). The lowest BCUT2D eigenvalue weighted by molar-refractivity contribution is 0.336. The van der Waals surface area contributed by atoms with E-state index < -0.39 is 0 Å². The van der Waals surface area contributed by atoms with Crippen LogP contribution in [0.4, 0.5) is 0 Å². The van der Waals surface area contributed by atoms with E-state index in [1.165, 1.54) is 48.6 Å². The normalized spacial score (nSPS) is 14.7. The van der Waals surface area contributed by atoms with Crippen LogP contribution >= 0.6 is 0 Å². The number of hydrogen-bond donors (Lipinski definition) is 1. The lowest BCUT2D eigenvalue weighted by Crippen LogP contribution is -2.09. The van der Waals surface area contributed by atoms with Crippen LogP contribution in [-0.2, 0) is 6.42 Å². The highest BCUT2D eigenvalue weighted by Gasteiger charge is 2.12. The van der Waals surface area contributed by atoms with Crippen molar-refractivity contribution in [1.29, 1.82) is 0 Å². The molecule has 0 bridgehead atoms. The van der Waals surface area contributed by atoms with E-state index >= 15 is 0 Å². The van der Waals surface area contributed by atoms with Gasteiger partial charge in [0.15, 0.2) is 0 Å². The molecule has 0 saturated heterocycles. The maximum absolute atomic E-state index is 3.38. The summed E-state index contributed by atoms with van der Waals surface area (Å²) in [5, 5.41) is 1.40. The molecule has 2 atom stereocenters. The molecule has 1 N–H and O–H groups in total. The fourth-order valence-electron chi connectivity index (χ4n) is 2.82. The molecule has 1 aromatic heterocycles. The predicted octanol–water partition coefficient (Wildman–Crippen LogP) is 5.56. The molecule has 0 aliphatic carbocycles. The van der Waals surface area contributed by atoms with Gasteiger partial charge < -0.3 is 4.98 Å². The van der Waals surface area contributed by atoms with E-state index in [2.05, 4.69) is 56.2 Å². The maximum atomic E-state index is 3.38. The first-order chi connectivity index (χ1) is 9.22. The van der Waals surface area contributed by atoms with E-state index in [4.69, 9.17) is 0 Å². The zero-order valence-corrected chi connectivity index (χ0v) is 12.6. The van der Waals surface area contributed by atoms with Crippen LogP contribution in [0.3, 0.4) is 0 Å². The zero-order valence-electron chi connectivity index (χ0n) is 12.6. The first-order valence-electron chi connectivity index (χ1n) is 7.77. The molecule has 2 aromatic rings. The molecule has 2 unspecified atom stereocenters. The number of benzene rings is 1. The third kappa shape index (κ3) is 3.62. The summed E-state index contributed by atoms with van der Waals surface area (Å²) in [7, 11) is 0. The van der Waals surface area contributed by atoms with E-state index in [9.17, 15) is 0 Å². The molecule has 1 heterocycles. The average Bonchev–Trinajstić information content (AvgIpc) is 2.85. The van der Waals surface area contributed by atoms with Crippen molar-refractivity contribution in [2.45, 2.75) is 52.9 Å². The van der Waals surface area contributed by atoms with Crippen molar-refractivity contribution in [2.75, 3.05) is 0 Å². The molecular weight excluding hydrogens is 230 g/mol. The van der Waals surface area contributed by atoms with Gasteiger partial charge in [0.2, 0.25) is 0 Å². The van der Waals surface area contributed by atoms with Crippen LogP contribution in [0.15, 0.2) is 30.5 Å². The van der Waals surface area contributed by atoms with Gasteiger partial charge in [-0.05, 0) is 36.3 Å². The van der Waals surface area contributed by atoms with Crippen molar-refractivity contribution in [1.82, 2.24) is 4.98 Å². The minimum Gasteiger partial charge on any atom is -0.361 e. The molecule has 0 radical (unpaired) electrons. The fourth-order valence-corrected chi connectivity index (χ4v) is 2.82. The summed E-state index contributed by atoms with van der Waals surface area (Å²) in [6, 6.07) is 8.61. The number of rotatable bonds is 7. The Labute approximate surface area is 117 Å². The van der Waals surface area contributed by atoms with E-state index in [0.717, 1.165) is 11.8 Å². The van der Waals surface area contributed by atoms with E-state index in [-0.39, 0.29) is 0 Å². The Balaban J connectivity index is 1.91. The minimum absolute atomic E-state index is 0.820. The monoisotopic (exact) mass is 257 g/mol. The molecule has 0 amide bonds. The molecule has 104 valence electrons. The first-order valence-corrected chi connectivity index (χ1v) is 7.77. The quantitative estimate of drug-likeness (QED) is 0.668. The van der Waals surface area contributed by atoms with Gasteiger partial charge in [0, 0.05) is 17.1 Å². The lowest BCUT2D eigenvalue weighted by atomic mass is 9.87. The van der Waals surface area contributed by atoms with E-state index in [1.807, 2.05) is 0 Å². The Morgan fingerprint density at radius 3 is 2.58 bits per heavy atom. The summed E-state index contributed by atoms with van der Waals surface area (Å²) in [5.41, 5.74) is 2.74. The maximum Gasteiger partial charge on any atom is 0.0456 e. The van der Waals surface area contributed by atoms with Gasteiger partial charge in [-0.2, -0.15) is 0 Å². The van der Waals surface area contributed by atoms with Gasteiger partial charge in [-0.3, -0.25) is 0 Å². The Morgan fingerprint density at radius 1 is 1.05 bits per heavy atom. The average molecular weight is 257 g/mol. The Bertz CT molecular complexity index is 497. The number of aromatic amines is 1. The first kappa shape index (κ1) is 14.2. The second kappa shape index (κ2) is 6.79. The van der Waals surface area contributed by atoms with Crippen molar-refractivity contribution < 1.29 is 0 Å². The molecule has 19 heavy (non-hydrogen) atoms. The summed E-state index contributed by atoms with van der Waals surface area (Å²) in [4.78, 5) is 3.38. The molecule has 1 heteroatoms. The van der Waals surface area contributed by atoms with Crippen molar-refractivity contribution >= 4 is 10.9 Å². The molecule has 0 aliphatic heterocycles. The molecular formula is C18H27N. The van der Waals surface area contributed by atoms with Gasteiger partial charge in [0.1, 0.15) is 0 Å². The van der Waals surface area contributed by atoms with Gasteiger partial charge in [-0.15, -0.1) is 0 Å². The van der Waals surface area contributed by atoms with Crippen LogP contribution in [-0.4, -0.2) is 4.98 Å².